The smallest absolute Gasteiger partial charge is 0.230 e. The maximum Gasteiger partial charge on any atom is 0.230 e. The monoisotopic (exact) mass is 289 g/mol. The van der Waals surface area contributed by atoms with Gasteiger partial charge in [-0.25, -0.2) is 9.97 Å². The van der Waals surface area contributed by atoms with Crippen LogP contribution in [0.2, 0.25) is 0 Å². The van der Waals surface area contributed by atoms with Gasteiger partial charge in [0.15, 0.2) is 0 Å². The van der Waals surface area contributed by atoms with Crippen LogP contribution in [-0.4, -0.2) is 27.7 Å². The lowest BCUT2D eigenvalue weighted by Crippen LogP contribution is -2.33. The fourth-order valence-corrected chi connectivity index (χ4v) is 2.70. The molecule has 0 bridgehead atoms. The maximum atomic E-state index is 11.8. The summed E-state index contributed by atoms with van der Waals surface area (Å²) in [6.07, 6.45) is 0.936. The van der Waals surface area contributed by atoms with E-state index in [4.69, 9.17) is 0 Å². The third kappa shape index (κ3) is 3.70. The molecule has 2 aromatic rings. The molecule has 0 fully saturated rings. The van der Waals surface area contributed by atoms with Gasteiger partial charge in [0.25, 0.3) is 0 Å². The first-order valence-corrected chi connectivity index (χ1v) is 7.74. The average Bonchev–Trinajstić information content (AvgIpc) is 2.44. The normalized spacial score (nSPS) is 12.3. The Hall–Kier alpha value is -1.62. The van der Waals surface area contributed by atoms with Gasteiger partial charge in [0.05, 0.1) is 11.3 Å². The lowest BCUT2D eigenvalue weighted by molar-refractivity contribution is -0.119. The molecule has 20 heavy (non-hydrogen) atoms. The molecule has 1 N–H and O–H groups in total. The van der Waals surface area contributed by atoms with Crippen LogP contribution in [0.5, 0.6) is 0 Å². The summed E-state index contributed by atoms with van der Waals surface area (Å²) in [5.74, 6) is 1.16. The van der Waals surface area contributed by atoms with Gasteiger partial charge in [-0.2, -0.15) is 0 Å². The maximum absolute atomic E-state index is 11.8. The molecule has 0 radical (unpaired) electrons. The van der Waals surface area contributed by atoms with Crippen LogP contribution in [0.3, 0.4) is 0 Å². The highest BCUT2D eigenvalue weighted by atomic mass is 32.2. The van der Waals surface area contributed by atoms with Crippen molar-refractivity contribution in [1.29, 1.82) is 0 Å². The molecule has 0 saturated carbocycles. The largest absolute Gasteiger partial charge is 0.353 e. The Kier molecular flexibility index (Phi) is 4.95. The fourth-order valence-electron chi connectivity index (χ4n) is 1.82. The quantitative estimate of drug-likeness (QED) is 0.679. The molecular formula is C15H19N3OS. The molecule has 2 rings (SSSR count). The van der Waals surface area contributed by atoms with Crippen LogP contribution in [0.15, 0.2) is 29.3 Å². The molecular weight excluding hydrogens is 270 g/mol. The van der Waals surface area contributed by atoms with Gasteiger partial charge in [-0.3, -0.25) is 4.79 Å². The second-order valence-corrected chi connectivity index (χ2v) is 5.72. The van der Waals surface area contributed by atoms with Crippen molar-refractivity contribution in [1.82, 2.24) is 15.3 Å². The van der Waals surface area contributed by atoms with E-state index in [0.717, 1.165) is 28.2 Å². The van der Waals surface area contributed by atoms with Crippen molar-refractivity contribution in [2.24, 2.45) is 0 Å². The summed E-state index contributed by atoms with van der Waals surface area (Å²) in [6.45, 7) is 5.93. The highest BCUT2D eigenvalue weighted by molar-refractivity contribution is 8.00. The molecule has 0 spiro atoms. The number of aromatic nitrogens is 2. The second-order valence-electron chi connectivity index (χ2n) is 4.76. The third-order valence-corrected chi connectivity index (χ3v) is 4.03. The van der Waals surface area contributed by atoms with Crippen LogP contribution in [0, 0.1) is 6.92 Å². The van der Waals surface area contributed by atoms with Crippen molar-refractivity contribution < 1.29 is 4.79 Å². The summed E-state index contributed by atoms with van der Waals surface area (Å²) in [7, 11) is 0. The van der Waals surface area contributed by atoms with E-state index in [1.165, 1.54) is 11.8 Å². The van der Waals surface area contributed by atoms with Crippen LogP contribution in [0.1, 0.15) is 26.1 Å². The molecule has 1 aromatic carbocycles. The lowest BCUT2D eigenvalue weighted by Gasteiger charge is -2.11. The predicted molar refractivity (Wildman–Crippen MR) is 82.9 cm³/mol. The summed E-state index contributed by atoms with van der Waals surface area (Å²) in [5, 5.41) is 4.83. The number of amides is 1. The highest BCUT2D eigenvalue weighted by Crippen LogP contribution is 2.24. The Morgan fingerprint density at radius 3 is 2.85 bits per heavy atom. The lowest BCUT2D eigenvalue weighted by atomic mass is 10.2. The number of carbonyl (C=O) groups is 1. The number of carbonyl (C=O) groups excluding carboxylic acids is 1. The number of hydrogen-bond acceptors (Lipinski definition) is 4. The number of thioether (sulfide) groups is 1. The Morgan fingerprint density at radius 2 is 2.10 bits per heavy atom. The first-order valence-electron chi connectivity index (χ1n) is 6.75. The molecule has 4 nitrogen and oxygen atoms in total. The summed E-state index contributed by atoms with van der Waals surface area (Å²) in [6, 6.07) is 8.09. The Balaban J connectivity index is 2.12. The number of nitrogens with one attached hydrogen (secondary N) is 1. The molecule has 0 aliphatic rings. The van der Waals surface area contributed by atoms with E-state index in [0.29, 0.717) is 5.75 Å². The number of nitrogens with zero attached hydrogens (tertiary/aromatic N) is 2. The minimum atomic E-state index is 0.0460. The van der Waals surface area contributed by atoms with Crippen LogP contribution in [0.25, 0.3) is 10.9 Å². The van der Waals surface area contributed by atoms with Gasteiger partial charge in [0.1, 0.15) is 10.9 Å². The molecule has 5 heteroatoms. The highest BCUT2D eigenvalue weighted by Gasteiger charge is 2.10. The first kappa shape index (κ1) is 14.8. The van der Waals surface area contributed by atoms with E-state index in [2.05, 4.69) is 22.2 Å². The van der Waals surface area contributed by atoms with Crippen LogP contribution in [0.4, 0.5) is 0 Å². The third-order valence-electron chi connectivity index (χ3n) is 3.04. The van der Waals surface area contributed by atoms with Gasteiger partial charge in [-0.15, -0.1) is 0 Å². The van der Waals surface area contributed by atoms with Gasteiger partial charge < -0.3 is 5.32 Å². The predicted octanol–water partition coefficient (Wildman–Crippen LogP) is 2.95. The van der Waals surface area contributed by atoms with E-state index < -0.39 is 0 Å². The molecule has 1 aromatic heterocycles. The summed E-state index contributed by atoms with van der Waals surface area (Å²) in [5.41, 5.74) is 0.921. The molecule has 0 aliphatic carbocycles. The minimum absolute atomic E-state index is 0.0460. The Labute approximate surface area is 123 Å². The number of hydrogen-bond donors (Lipinski definition) is 1. The molecule has 1 heterocycles. The van der Waals surface area contributed by atoms with Gasteiger partial charge in [0.2, 0.25) is 5.91 Å². The zero-order valence-electron chi connectivity index (χ0n) is 12.0. The summed E-state index contributed by atoms with van der Waals surface area (Å²) >= 11 is 1.46. The standard InChI is InChI=1S/C15H19N3OS/c1-4-10(2)16-14(19)9-20-15-12-7-5-6-8-13(12)17-11(3)18-15/h5-8,10H,4,9H2,1-3H3,(H,16,19). The first-order chi connectivity index (χ1) is 9.60. The minimum Gasteiger partial charge on any atom is -0.353 e. The second kappa shape index (κ2) is 6.70. The fraction of sp³-hybridized carbons (Fsp3) is 0.400. The van der Waals surface area contributed by atoms with Crippen LogP contribution < -0.4 is 5.32 Å². The van der Waals surface area contributed by atoms with Crippen molar-refractivity contribution in [3.05, 3.63) is 30.1 Å². The zero-order valence-corrected chi connectivity index (χ0v) is 12.8. The van der Waals surface area contributed by atoms with Crippen molar-refractivity contribution in [2.45, 2.75) is 38.3 Å². The van der Waals surface area contributed by atoms with E-state index in [1.54, 1.807) is 0 Å². The number of aryl methyl sites for hydroxylation is 1. The van der Waals surface area contributed by atoms with Gasteiger partial charge >= 0.3 is 0 Å². The number of rotatable bonds is 5. The van der Waals surface area contributed by atoms with Crippen molar-refractivity contribution in [2.75, 3.05) is 5.75 Å². The Morgan fingerprint density at radius 1 is 1.35 bits per heavy atom. The molecule has 106 valence electrons. The van der Waals surface area contributed by atoms with Crippen LogP contribution in [-0.2, 0) is 4.79 Å². The number of fused-ring (bicyclic) bond motifs is 1. The van der Waals surface area contributed by atoms with E-state index in [9.17, 15) is 4.79 Å². The Bertz CT molecular complexity index is 615. The van der Waals surface area contributed by atoms with Crippen molar-refractivity contribution in [3.63, 3.8) is 0 Å². The summed E-state index contributed by atoms with van der Waals surface area (Å²) < 4.78 is 0. The van der Waals surface area contributed by atoms with E-state index in [1.807, 2.05) is 38.1 Å². The SMILES string of the molecule is CCC(C)NC(=O)CSc1nc(C)nc2ccccc12. The van der Waals surface area contributed by atoms with E-state index in [-0.39, 0.29) is 11.9 Å². The van der Waals surface area contributed by atoms with Crippen molar-refractivity contribution >= 4 is 28.6 Å². The molecule has 0 saturated heterocycles. The molecule has 1 amide bonds. The summed E-state index contributed by atoms with van der Waals surface area (Å²) in [4.78, 5) is 20.7. The van der Waals surface area contributed by atoms with Gasteiger partial charge in [0, 0.05) is 11.4 Å². The van der Waals surface area contributed by atoms with Crippen LogP contribution >= 0.6 is 11.8 Å². The molecule has 0 aliphatic heterocycles. The zero-order chi connectivity index (χ0) is 14.5. The number of para-hydroxylation sites is 1. The molecule has 1 unspecified atom stereocenters. The topological polar surface area (TPSA) is 54.9 Å². The number of benzene rings is 1. The average molecular weight is 289 g/mol. The molecule has 1 atom stereocenters. The van der Waals surface area contributed by atoms with Gasteiger partial charge in [-0.05, 0) is 26.3 Å². The van der Waals surface area contributed by atoms with E-state index >= 15 is 0 Å². The van der Waals surface area contributed by atoms with Gasteiger partial charge in [-0.1, -0.05) is 36.9 Å². The van der Waals surface area contributed by atoms with Crippen molar-refractivity contribution in [3.8, 4) is 0 Å².